The van der Waals surface area contributed by atoms with E-state index in [4.69, 9.17) is 14.6 Å². The molecule has 0 aliphatic heterocycles. The predicted octanol–water partition coefficient (Wildman–Crippen LogP) is 3.28. The fourth-order valence-electron chi connectivity index (χ4n) is 1.93. The Bertz CT molecular complexity index is 620. The molecule has 0 atom stereocenters. The molecule has 0 unspecified atom stereocenters. The molecule has 20 heavy (non-hydrogen) atoms. The summed E-state index contributed by atoms with van der Waals surface area (Å²) in [5, 5.41) is 9.17. The molecule has 0 saturated carbocycles. The van der Waals surface area contributed by atoms with Crippen LogP contribution in [-0.4, -0.2) is 18.2 Å². The maximum Gasteiger partial charge on any atom is 0.339 e. The number of aryl methyl sites for hydroxylation is 1. The van der Waals surface area contributed by atoms with Gasteiger partial charge in [0.05, 0.1) is 7.11 Å². The SMILES string of the molecule is COc1cccc(COc2c(C)cccc2C(=O)O)c1. The quantitative estimate of drug-likeness (QED) is 0.907. The Morgan fingerprint density at radius 3 is 2.65 bits per heavy atom. The maximum atomic E-state index is 11.2. The van der Waals surface area contributed by atoms with E-state index in [0.717, 1.165) is 16.9 Å². The Kier molecular flexibility index (Phi) is 4.25. The highest BCUT2D eigenvalue weighted by atomic mass is 16.5. The lowest BCUT2D eigenvalue weighted by molar-refractivity contribution is 0.0691. The smallest absolute Gasteiger partial charge is 0.339 e. The summed E-state index contributed by atoms with van der Waals surface area (Å²) in [5.41, 5.74) is 1.89. The first-order chi connectivity index (χ1) is 9.61. The Morgan fingerprint density at radius 2 is 1.95 bits per heavy atom. The van der Waals surface area contributed by atoms with Gasteiger partial charge in [-0.3, -0.25) is 0 Å². The molecule has 2 rings (SSSR count). The van der Waals surface area contributed by atoms with Crippen molar-refractivity contribution in [2.75, 3.05) is 7.11 Å². The lowest BCUT2D eigenvalue weighted by atomic mass is 10.1. The fourth-order valence-corrected chi connectivity index (χ4v) is 1.93. The molecule has 0 saturated heterocycles. The number of carbonyl (C=O) groups is 1. The van der Waals surface area contributed by atoms with Crippen molar-refractivity contribution in [2.45, 2.75) is 13.5 Å². The third kappa shape index (κ3) is 3.09. The molecule has 1 N–H and O–H groups in total. The summed E-state index contributed by atoms with van der Waals surface area (Å²) in [6.45, 7) is 2.12. The van der Waals surface area contributed by atoms with E-state index < -0.39 is 5.97 Å². The topological polar surface area (TPSA) is 55.8 Å². The Hall–Kier alpha value is -2.49. The highest BCUT2D eigenvalue weighted by Gasteiger charge is 2.13. The van der Waals surface area contributed by atoms with Crippen LogP contribution in [0.4, 0.5) is 0 Å². The van der Waals surface area contributed by atoms with E-state index in [2.05, 4.69) is 0 Å². The average molecular weight is 272 g/mol. The number of benzene rings is 2. The van der Waals surface area contributed by atoms with E-state index in [1.165, 1.54) is 6.07 Å². The van der Waals surface area contributed by atoms with E-state index in [0.29, 0.717) is 12.4 Å². The predicted molar refractivity (Wildman–Crippen MR) is 75.5 cm³/mol. The summed E-state index contributed by atoms with van der Waals surface area (Å²) in [7, 11) is 1.60. The molecule has 2 aromatic rings. The lowest BCUT2D eigenvalue weighted by Gasteiger charge is -2.12. The largest absolute Gasteiger partial charge is 0.497 e. The number of carboxylic acid groups (broad SMARTS) is 1. The van der Waals surface area contributed by atoms with Gasteiger partial charge < -0.3 is 14.6 Å². The summed E-state index contributed by atoms with van der Waals surface area (Å²) in [6.07, 6.45) is 0. The molecule has 4 heteroatoms. The zero-order valence-corrected chi connectivity index (χ0v) is 11.4. The summed E-state index contributed by atoms with van der Waals surface area (Å²) >= 11 is 0. The van der Waals surface area contributed by atoms with Gasteiger partial charge >= 0.3 is 5.97 Å². The van der Waals surface area contributed by atoms with Crippen molar-refractivity contribution in [1.29, 1.82) is 0 Å². The van der Waals surface area contributed by atoms with Gasteiger partial charge in [0.15, 0.2) is 0 Å². The fraction of sp³-hybridized carbons (Fsp3) is 0.188. The van der Waals surface area contributed by atoms with Crippen LogP contribution in [0.1, 0.15) is 21.5 Å². The van der Waals surface area contributed by atoms with Gasteiger partial charge in [-0.05, 0) is 36.2 Å². The third-order valence-corrected chi connectivity index (χ3v) is 2.96. The molecule has 0 heterocycles. The molecule has 0 fully saturated rings. The van der Waals surface area contributed by atoms with Gasteiger partial charge in [0.1, 0.15) is 23.7 Å². The molecule has 0 aliphatic carbocycles. The van der Waals surface area contributed by atoms with E-state index in [9.17, 15) is 4.79 Å². The van der Waals surface area contributed by atoms with Crippen LogP contribution in [0.25, 0.3) is 0 Å². The average Bonchev–Trinajstić information content (AvgIpc) is 2.45. The van der Waals surface area contributed by atoms with Gasteiger partial charge in [0.25, 0.3) is 0 Å². The second-order valence-corrected chi connectivity index (χ2v) is 4.40. The number of para-hydroxylation sites is 1. The summed E-state index contributed by atoms with van der Waals surface area (Å²) in [5.74, 6) is 0.159. The number of aromatic carboxylic acids is 1. The zero-order valence-electron chi connectivity index (χ0n) is 11.4. The van der Waals surface area contributed by atoms with E-state index in [-0.39, 0.29) is 5.56 Å². The van der Waals surface area contributed by atoms with E-state index >= 15 is 0 Å². The van der Waals surface area contributed by atoms with Gasteiger partial charge in [-0.2, -0.15) is 0 Å². The van der Waals surface area contributed by atoms with Crippen LogP contribution in [-0.2, 0) is 6.61 Å². The first kappa shape index (κ1) is 13.9. The molecule has 104 valence electrons. The van der Waals surface area contributed by atoms with Gasteiger partial charge in [0, 0.05) is 0 Å². The molecule has 2 aromatic carbocycles. The molecule has 0 amide bonds. The van der Waals surface area contributed by atoms with E-state index in [1.54, 1.807) is 13.2 Å². The number of hydrogen-bond acceptors (Lipinski definition) is 3. The minimum Gasteiger partial charge on any atom is -0.497 e. The van der Waals surface area contributed by atoms with Crippen molar-refractivity contribution in [3.05, 3.63) is 59.2 Å². The van der Waals surface area contributed by atoms with Gasteiger partial charge in [0.2, 0.25) is 0 Å². The first-order valence-corrected chi connectivity index (χ1v) is 6.20. The standard InChI is InChI=1S/C16H16O4/c1-11-5-3-8-14(16(17)18)15(11)20-10-12-6-4-7-13(9-12)19-2/h3-9H,10H2,1-2H3,(H,17,18). The van der Waals surface area contributed by atoms with E-state index in [1.807, 2.05) is 37.3 Å². The van der Waals surface area contributed by atoms with Crippen molar-refractivity contribution in [3.63, 3.8) is 0 Å². The molecular weight excluding hydrogens is 256 g/mol. The zero-order chi connectivity index (χ0) is 14.5. The van der Waals surface area contributed by atoms with Crippen LogP contribution in [0.3, 0.4) is 0 Å². The maximum absolute atomic E-state index is 11.2. The summed E-state index contributed by atoms with van der Waals surface area (Å²) in [6, 6.07) is 12.5. The highest BCUT2D eigenvalue weighted by Crippen LogP contribution is 2.25. The van der Waals surface area contributed by atoms with Crippen LogP contribution < -0.4 is 9.47 Å². The van der Waals surface area contributed by atoms with Crippen LogP contribution in [0.15, 0.2) is 42.5 Å². The second-order valence-electron chi connectivity index (χ2n) is 4.40. The van der Waals surface area contributed by atoms with Gasteiger partial charge in [-0.15, -0.1) is 0 Å². The van der Waals surface area contributed by atoms with Crippen molar-refractivity contribution in [2.24, 2.45) is 0 Å². The Balaban J connectivity index is 2.20. The second kappa shape index (κ2) is 6.10. The minimum atomic E-state index is -0.991. The lowest BCUT2D eigenvalue weighted by Crippen LogP contribution is -2.05. The van der Waals surface area contributed by atoms with Crippen LogP contribution >= 0.6 is 0 Å². The summed E-state index contributed by atoms with van der Waals surface area (Å²) < 4.78 is 10.8. The first-order valence-electron chi connectivity index (χ1n) is 6.20. The normalized spacial score (nSPS) is 10.1. The summed E-state index contributed by atoms with van der Waals surface area (Å²) in [4.78, 5) is 11.2. The molecule has 0 radical (unpaired) electrons. The van der Waals surface area contributed by atoms with Crippen molar-refractivity contribution >= 4 is 5.97 Å². The minimum absolute atomic E-state index is 0.174. The Morgan fingerprint density at radius 1 is 1.20 bits per heavy atom. The van der Waals surface area contributed by atoms with Crippen molar-refractivity contribution < 1.29 is 19.4 Å². The van der Waals surface area contributed by atoms with Crippen molar-refractivity contribution in [3.8, 4) is 11.5 Å². The van der Waals surface area contributed by atoms with Crippen LogP contribution in [0, 0.1) is 6.92 Å². The molecule has 0 aliphatic rings. The van der Waals surface area contributed by atoms with Crippen molar-refractivity contribution in [1.82, 2.24) is 0 Å². The third-order valence-electron chi connectivity index (χ3n) is 2.96. The highest BCUT2D eigenvalue weighted by molar-refractivity contribution is 5.91. The molecule has 0 spiro atoms. The number of carboxylic acids is 1. The number of rotatable bonds is 5. The number of methoxy groups -OCH3 is 1. The van der Waals surface area contributed by atoms with Crippen LogP contribution in [0.2, 0.25) is 0 Å². The monoisotopic (exact) mass is 272 g/mol. The van der Waals surface area contributed by atoms with Gasteiger partial charge in [-0.1, -0.05) is 24.3 Å². The Labute approximate surface area is 117 Å². The van der Waals surface area contributed by atoms with Crippen LogP contribution in [0.5, 0.6) is 11.5 Å². The molecule has 0 bridgehead atoms. The number of ether oxygens (including phenoxy) is 2. The molecular formula is C16H16O4. The molecule has 4 nitrogen and oxygen atoms in total. The number of hydrogen-bond donors (Lipinski definition) is 1. The van der Waals surface area contributed by atoms with Gasteiger partial charge in [-0.25, -0.2) is 4.79 Å². The molecule has 0 aromatic heterocycles.